The molecule has 0 aliphatic rings. The summed E-state index contributed by atoms with van der Waals surface area (Å²) in [5, 5.41) is 10.4. The zero-order chi connectivity index (χ0) is 13.2. The van der Waals surface area contributed by atoms with Crippen LogP contribution < -0.4 is 16.6 Å². The Kier molecular flexibility index (Phi) is 3.02. The van der Waals surface area contributed by atoms with E-state index in [0.29, 0.717) is 12.5 Å². The average Bonchev–Trinajstić information content (AvgIpc) is 3.04. The van der Waals surface area contributed by atoms with E-state index in [-0.39, 0.29) is 0 Å². The fourth-order valence-corrected chi connectivity index (χ4v) is 2.57. The summed E-state index contributed by atoms with van der Waals surface area (Å²) in [7, 11) is 1.91. The maximum Gasteiger partial charge on any atom is 0.240 e. The quantitative estimate of drug-likeness (QED) is 0.491. The SMILES string of the molecule is Cn1nccc1CNc1nc(NN)nc2sccc12. The molecule has 0 amide bonds. The van der Waals surface area contributed by atoms with Crippen LogP contribution in [0.1, 0.15) is 5.69 Å². The number of hydrogen-bond acceptors (Lipinski definition) is 7. The van der Waals surface area contributed by atoms with Crippen molar-refractivity contribution < 1.29 is 0 Å². The number of nitrogens with zero attached hydrogens (tertiary/aromatic N) is 4. The number of hydrogen-bond donors (Lipinski definition) is 3. The van der Waals surface area contributed by atoms with Gasteiger partial charge in [-0.25, -0.2) is 10.8 Å². The molecule has 7 nitrogen and oxygen atoms in total. The van der Waals surface area contributed by atoms with Crippen molar-refractivity contribution in [2.24, 2.45) is 12.9 Å². The number of aryl methyl sites for hydroxylation is 1. The van der Waals surface area contributed by atoms with Crippen molar-refractivity contribution in [3.05, 3.63) is 29.4 Å². The number of nitrogen functional groups attached to an aromatic ring is 1. The molecular weight excluding hydrogens is 262 g/mol. The van der Waals surface area contributed by atoms with Crippen LogP contribution in [0.4, 0.5) is 11.8 Å². The van der Waals surface area contributed by atoms with Gasteiger partial charge in [0.25, 0.3) is 0 Å². The number of nitrogens with one attached hydrogen (secondary N) is 2. The fourth-order valence-electron chi connectivity index (χ4n) is 1.80. The van der Waals surface area contributed by atoms with E-state index in [9.17, 15) is 0 Å². The van der Waals surface area contributed by atoms with Crippen LogP contribution in [0.5, 0.6) is 0 Å². The average molecular weight is 275 g/mol. The minimum atomic E-state index is 0.405. The molecule has 0 bridgehead atoms. The minimum Gasteiger partial charge on any atom is -0.364 e. The van der Waals surface area contributed by atoms with Crippen molar-refractivity contribution in [1.29, 1.82) is 0 Å². The predicted octanol–water partition coefficient (Wildman–Crippen LogP) is 1.32. The lowest BCUT2D eigenvalue weighted by molar-refractivity contribution is 0.720. The number of rotatable bonds is 4. The van der Waals surface area contributed by atoms with Crippen LogP contribution in [0.25, 0.3) is 10.2 Å². The van der Waals surface area contributed by atoms with E-state index >= 15 is 0 Å². The second kappa shape index (κ2) is 4.82. The molecule has 0 atom stereocenters. The molecule has 0 unspecified atom stereocenters. The molecule has 19 heavy (non-hydrogen) atoms. The monoisotopic (exact) mass is 275 g/mol. The zero-order valence-electron chi connectivity index (χ0n) is 10.3. The Balaban J connectivity index is 1.91. The normalized spacial score (nSPS) is 10.8. The first kappa shape index (κ1) is 11.9. The molecule has 3 heterocycles. The Morgan fingerprint density at radius 2 is 2.26 bits per heavy atom. The summed E-state index contributed by atoms with van der Waals surface area (Å²) in [5.41, 5.74) is 3.55. The van der Waals surface area contributed by atoms with E-state index in [2.05, 4.69) is 25.8 Å². The molecule has 8 heteroatoms. The molecule has 3 rings (SSSR count). The zero-order valence-corrected chi connectivity index (χ0v) is 11.1. The fraction of sp³-hybridized carbons (Fsp3) is 0.182. The van der Waals surface area contributed by atoms with Crippen LogP contribution in [0.3, 0.4) is 0 Å². The number of anilines is 2. The van der Waals surface area contributed by atoms with Gasteiger partial charge >= 0.3 is 0 Å². The van der Waals surface area contributed by atoms with E-state index in [0.717, 1.165) is 21.7 Å². The van der Waals surface area contributed by atoms with Gasteiger partial charge in [-0.05, 0) is 17.5 Å². The Labute approximate surface area is 113 Å². The second-order valence-corrected chi connectivity index (χ2v) is 4.87. The number of hydrazine groups is 1. The molecule has 3 aromatic rings. The van der Waals surface area contributed by atoms with Crippen LogP contribution in [-0.4, -0.2) is 19.7 Å². The van der Waals surface area contributed by atoms with Gasteiger partial charge in [-0.3, -0.25) is 10.1 Å². The van der Waals surface area contributed by atoms with Crippen LogP contribution in [0, 0.1) is 0 Å². The summed E-state index contributed by atoms with van der Waals surface area (Å²) in [5.74, 6) is 6.55. The lowest BCUT2D eigenvalue weighted by Crippen LogP contribution is -2.12. The summed E-state index contributed by atoms with van der Waals surface area (Å²) in [6, 6.07) is 3.95. The van der Waals surface area contributed by atoms with Crippen molar-refractivity contribution in [3.63, 3.8) is 0 Å². The Morgan fingerprint density at radius 1 is 1.37 bits per heavy atom. The second-order valence-electron chi connectivity index (χ2n) is 3.98. The topological polar surface area (TPSA) is 93.7 Å². The van der Waals surface area contributed by atoms with Gasteiger partial charge in [0.2, 0.25) is 5.95 Å². The summed E-state index contributed by atoms with van der Waals surface area (Å²) >= 11 is 1.55. The first-order valence-corrected chi connectivity index (χ1v) is 6.58. The molecule has 0 saturated heterocycles. The van der Waals surface area contributed by atoms with Gasteiger partial charge in [0.15, 0.2) is 0 Å². The first-order chi connectivity index (χ1) is 9.28. The number of fused-ring (bicyclic) bond motifs is 1. The Bertz CT molecular complexity index is 702. The Morgan fingerprint density at radius 3 is 3.00 bits per heavy atom. The van der Waals surface area contributed by atoms with Gasteiger partial charge in [0.1, 0.15) is 10.6 Å². The van der Waals surface area contributed by atoms with Crippen LogP contribution >= 0.6 is 11.3 Å². The molecular formula is C11H13N7S. The van der Waals surface area contributed by atoms with Gasteiger partial charge in [0.05, 0.1) is 17.6 Å². The third-order valence-corrected chi connectivity index (χ3v) is 3.62. The molecule has 0 aliphatic heterocycles. The molecule has 0 radical (unpaired) electrons. The number of nitrogens with two attached hydrogens (primary N) is 1. The number of aromatic nitrogens is 4. The third kappa shape index (κ3) is 2.23. The van der Waals surface area contributed by atoms with Crippen molar-refractivity contribution in [2.45, 2.75) is 6.54 Å². The molecule has 0 aromatic carbocycles. The predicted molar refractivity (Wildman–Crippen MR) is 75.8 cm³/mol. The van der Waals surface area contributed by atoms with E-state index in [1.165, 1.54) is 0 Å². The van der Waals surface area contributed by atoms with Crippen LogP contribution in [-0.2, 0) is 13.6 Å². The highest BCUT2D eigenvalue weighted by atomic mass is 32.1. The van der Waals surface area contributed by atoms with Crippen molar-refractivity contribution in [1.82, 2.24) is 19.7 Å². The lowest BCUT2D eigenvalue weighted by atomic mass is 10.3. The van der Waals surface area contributed by atoms with Crippen LogP contribution in [0.2, 0.25) is 0 Å². The maximum absolute atomic E-state index is 5.38. The van der Waals surface area contributed by atoms with E-state index in [4.69, 9.17) is 5.84 Å². The van der Waals surface area contributed by atoms with Gasteiger partial charge in [-0.1, -0.05) is 0 Å². The molecule has 4 N–H and O–H groups in total. The number of thiophene rings is 1. The molecule has 98 valence electrons. The molecule has 3 aromatic heterocycles. The molecule has 0 spiro atoms. The smallest absolute Gasteiger partial charge is 0.240 e. The molecule has 0 saturated carbocycles. The van der Waals surface area contributed by atoms with Gasteiger partial charge < -0.3 is 5.32 Å². The first-order valence-electron chi connectivity index (χ1n) is 5.70. The summed E-state index contributed by atoms with van der Waals surface area (Å²) < 4.78 is 1.82. The van der Waals surface area contributed by atoms with Crippen molar-refractivity contribution in [2.75, 3.05) is 10.7 Å². The largest absolute Gasteiger partial charge is 0.364 e. The maximum atomic E-state index is 5.38. The summed E-state index contributed by atoms with van der Waals surface area (Å²) in [4.78, 5) is 9.53. The highest BCUT2D eigenvalue weighted by molar-refractivity contribution is 7.16. The van der Waals surface area contributed by atoms with E-state index in [1.807, 2.05) is 29.2 Å². The van der Waals surface area contributed by atoms with E-state index in [1.54, 1.807) is 17.5 Å². The van der Waals surface area contributed by atoms with Crippen molar-refractivity contribution in [3.8, 4) is 0 Å². The lowest BCUT2D eigenvalue weighted by Gasteiger charge is -2.08. The van der Waals surface area contributed by atoms with Crippen LogP contribution in [0.15, 0.2) is 23.7 Å². The van der Waals surface area contributed by atoms with Crippen molar-refractivity contribution >= 4 is 33.3 Å². The van der Waals surface area contributed by atoms with E-state index < -0.39 is 0 Å². The highest BCUT2D eigenvalue weighted by Crippen LogP contribution is 2.26. The van der Waals surface area contributed by atoms with Gasteiger partial charge in [0, 0.05) is 13.2 Å². The molecule has 0 fully saturated rings. The standard InChI is InChI=1S/C11H13N7S/c1-18-7(2-4-14-18)6-13-9-8-3-5-19-10(8)16-11(15-9)17-12/h2-5H,6,12H2,1H3,(H2,13,15,16,17). The highest BCUT2D eigenvalue weighted by Gasteiger charge is 2.08. The summed E-state index contributed by atoms with van der Waals surface area (Å²) in [6.07, 6.45) is 1.77. The Hall–Kier alpha value is -2.19. The summed E-state index contributed by atoms with van der Waals surface area (Å²) in [6.45, 7) is 0.641. The van der Waals surface area contributed by atoms with Gasteiger partial charge in [-0.2, -0.15) is 10.1 Å². The van der Waals surface area contributed by atoms with Gasteiger partial charge in [-0.15, -0.1) is 11.3 Å². The minimum absolute atomic E-state index is 0.405. The third-order valence-electron chi connectivity index (χ3n) is 2.81. The molecule has 0 aliphatic carbocycles.